The van der Waals surface area contributed by atoms with Gasteiger partial charge in [0.05, 0.1) is 5.71 Å². The summed E-state index contributed by atoms with van der Waals surface area (Å²) in [6.45, 7) is 3.84. The van der Waals surface area contributed by atoms with Gasteiger partial charge in [-0.05, 0) is 13.8 Å². The molecule has 0 atom stereocenters. The lowest BCUT2D eigenvalue weighted by Crippen LogP contribution is -2.15. The number of benzene rings is 1. The predicted octanol–water partition coefficient (Wildman–Crippen LogP) is 2.09. The second kappa shape index (κ2) is 9.26. The van der Waals surface area contributed by atoms with E-state index in [4.69, 9.17) is 0 Å². The lowest BCUT2D eigenvalue weighted by molar-refractivity contribution is 1.13. The van der Waals surface area contributed by atoms with Gasteiger partial charge in [0.2, 0.25) is 0 Å². The lowest BCUT2D eigenvalue weighted by Gasteiger charge is -2.05. The zero-order valence-corrected chi connectivity index (χ0v) is 14.8. The minimum atomic E-state index is 0.408. The Morgan fingerprint density at radius 1 is 0.864 bits per heavy atom. The highest BCUT2D eigenvalue weighted by molar-refractivity contribution is 7.97. The van der Waals surface area contributed by atoms with Crippen molar-refractivity contribution in [3.05, 3.63) is 35.4 Å². The number of nitrogens with zero attached hydrogens (tertiary/aromatic N) is 4. The molecule has 2 N–H and O–H groups in total. The van der Waals surface area contributed by atoms with Crippen molar-refractivity contribution in [1.29, 1.82) is 0 Å². The van der Waals surface area contributed by atoms with E-state index in [1.54, 1.807) is 14.1 Å². The first-order valence-corrected chi connectivity index (χ1v) is 7.46. The van der Waals surface area contributed by atoms with Crippen LogP contribution in [0.15, 0.2) is 44.7 Å². The molecular formula is C14H20N6S2. The summed E-state index contributed by atoms with van der Waals surface area (Å²) >= 11 is 8.26. The number of thiol groups is 2. The van der Waals surface area contributed by atoms with E-state index in [1.807, 2.05) is 38.1 Å². The first-order valence-electron chi connectivity index (χ1n) is 6.56. The van der Waals surface area contributed by atoms with Crippen LogP contribution in [-0.4, -0.2) is 35.9 Å². The molecule has 0 fully saturated rings. The molecule has 118 valence electrons. The van der Waals surface area contributed by atoms with Gasteiger partial charge in [0.25, 0.3) is 0 Å². The van der Waals surface area contributed by atoms with Crippen LogP contribution in [0.1, 0.15) is 18.1 Å². The standard InChI is InChI=1S/C14H20N6S2/c1-9-5-7-11(8-6-9)12(18-20-14(22)16-4)10(2)17-19-13(21)15-3/h5-8H,1-4H3,(H2,15,19,21)(H2,16,20,22)/b17-10+,18-12-. The molecule has 0 aromatic heterocycles. The van der Waals surface area contributed by atoms with Gasteiger partial charge >= 0.3 is 0 Å². The molecule has 1 rings (SSSR count). The van der Waals surface area contributed by atoms with E-state index in [1.165, 1.54) is 0 Å². The molecule has 0 bridgehead atoms. The monoisotopic (exact) mass is 336 g/mol. The highest BCUT2D eigenvalue weighted by Crippen LogP contribution is 2.07. The van der Waals surface area contributed by atoms with Gasteiger partial charge in [-0.2, -0.15) is 5.10 Å². The topological polar surface area (TPSA) is 73.5 Å². The van der Waals surface area contributed by atoms with E-state index < -0.39 is 0 Å². The largest absolute Gasteiger partial charge is 0.366 e. The maximum Gasteiger partial charge on any atom is 0.179 e. The van der Waals surface area contributed by atoms with Crippen molar-refractivity contribution in [2.45, 2.75) is 13.8 Å². The third kappa shape index (κ3) is 5.90. The smallest absolute Gasteiger partial charge is 0.179 e. The van der Waals surface area contributed by atoms with E-state index in [0.717, 1.165) is 11.1 Å². The Morgan fingerprint density at radius 2 is 1.36 bits per heavy atom. The number of hydrogen-bond acceptors (Lipinski definition) is 4. The van der Waals surface area contributed by atoms with Crippen LogP contribution in [0.25, 0.3) is 0 Å². The molecule has 0 saturated carbocycles. The summed E-state index contributed by atoms with van der Waals surface area (Å²) in [5.41, 5.74) is 3.29. The number of hydrogen-bond donors (Lipinski definition) is 4. The van der Waals surface area contributed by atoms with Crippen molar-refractivity contribution in [1.82, 2.24) is 10.6 Å². The molecule has 0 amide bonds. The van der Waals surface area contributed by atoms with Gasteiger partial charge in [-0.25, -0.2) is 0 Å². The van der Waals surface area contributed by atoms with Crippen molar-refractivity contribution in [2.75, 3.05) is 14.1 Å². The fourth-order valence-corrected chi connectivity index (χ4v) is 1.51. The molecular weight excluding hydrogens is 316 g/mol. The summed E-state index contributed by atoms with van der Waals surface area (Å²) in [6, 6.07) is 7.93. The number of amidine groups is 2. The summed E-state index contributed by atoms with van der Waals surface area (Å²) in [5, 5.41) is 22.7. The van der Waals surface area contributed by atoms with Crippen LogP contribution in [0, 0.1) is 6.92 Å². The van der Waals surface area contributed by atoms with Crippen molar-refractivity contribution < 1.29 is 0 Å². The molecule has 0 aliphatic rings. The Balaban J connectivity index is 3.25. The molecule has 0 heterocycles. The van der Waals surface area contributed by atoms with Crippen molar-refractivity contribution in [3.8, 4) is 0 Å². The third-order valence-corrected chi connectivity index (χ3v) is 3.28. The van der Waals surface area contributed by atoms with Gasteiger partial charge in [-0.1, -0.05) is 29.8 Å². The second-order valence-corrected chi connectivity index (χ2v) is 5.19. The van der Waals surface area contributed by atoms with Crippen molar-refractivity contribution in [2.24, 2.45) is 20.4 Å². The molecule has 0 spiro atoms. The quantitative estimate of drug-likeness (QED) is 0.294. The summed E-state index contributed by atoms with van der Waals surface area (Å²) in [7, 11) is 3.44. The molecule has 22 heavy (non-hydrogen) atoms. The molecule has 0 radical (unpaired) electrons. The summed E-state index contributed by atoms with van der Waals surface area (Å²) in [5.74, 6) is 0. The van der Waals surface area contributed by atoms with Crippen molar-refractivity contribution in [3.63, 3.8) is 0 Å². The van der Waals surface area contributed by atoms with Crippen LogP contribution in [0.2, 0.25) is 0 Å². The molecule has 0 aliphatic heterocycles. The minimum Gasteiger partial charge on any atom is -0.366 e. The van der Waals surface area contributed by atoms with E-state index in [9.17, 15) is 0 Å². The van der Waals surface area contributed by atoms with Crippen LogP contribution in [0.5, 0.6) is 0 Å². The van der Waals surface area contributed by atoms with Crippen LogP contribution in [0.4, 0.5) is 0 Å². The maximum atomic E-state index is 4.22. The van der Waals surface area contributed by atoms with Gasteiger partial charge in [0.1, 0.15) is 5.71 Å². The first kappa shape index (κ1) is 18.2. The Hall–Kier alpha value is -1.80. The predicted molar refractivity (Wildman–Crippen MR) is 102 cm³/mol. The van der Waals surface area contributed by atoms with E-state index in [-0.39, 0.29) is 0 Å². The fourth-order valence-electron chi connectivity index (χ4n) is 1.42. The SMILES string of the molecule is CN/C(S)=N/N=C(C)/C(=N/N=C(\S)NC)c1ccc(C)cc1. The van der Waals surface area contributed by atoms with E-state index in [2.05, 4.69) is 56.3 Å². The highest BCUT2D eigenvalue weighted by Gasteiger charge is 2.08. The maximum absolute atomic E-state index is 4.22. The fraction of sp³-hybridized carbons (Fsp3) is 0.286. The zero-order chi connectivity index (χ0) is 16.5. The molecule has 0 unspecified atom stereocenters. The van der Waals surface area contributed by atoms with Gasteiger partial charge in [0.15, 0.2) is 10.3 Å². The second-order valence-electron chi connectivity index (χ2n) is 4.35. The Morgan fingerprint density at radius 3 is 1.86 bits per heavy atom. The van der Waals surface area contributed by atoms with Gasteiger partial charge in [0, 0.05) is 19.7 Å². The van der Waals surface area contributed by atoms with Gasteiger partial charge < -0.3 is 10.6 Å². The van der Waals surface area contributed by atoms with Crippen LogP contribution < -0.4 is 10.6 Å². The summed E-state index contributed by atoms with van der Waals surface area (Å²) < 4.78 is 0. The zero-order valence-electron chi connectivity index (χ0n) is 13.0. The average Bonchev–Trinajstić information content (AvgIpc) is 2.53. The molecule has 0 saturated heterocycles. The number of nitrogens with one attached hydrogen (secondary N) is 2. The minimum absolute atomic E-state index is 0.408. The summed E-state index contributed by atoms with van der Waals surface area (Å²) in [6.07, 6.45) is 0. The summed E-state index contributed by atoms with van der Waals surface area (Å²) in [4.78, 5) is 0. The molecule has 1 aromatic rings. The Kier molecular flexibility index (Phi) is 7.69. The average molecular weight is 336 g/mol. The van der Waals surface area contributed by atoms with E-state index in [0.29, 0.717) is 21.8 Å². The first-order chi connectivity index (χ1) is 10.5. The molecule has 8 heteroatoms. The molecule has 1 aromatic carbocycles. The van der Waals surface area contributed by atoms with Gasteiger partial charge in [-0.15, -0.1) is 40.6 Å². The van der Waals surface area contributed by atoms with Crippen LogP contribution in [-0.2, 0) is 0 Å². The highest BCUT2D eigenvalue weighted by atomic mass is 32.1. The number of rotatable bonds is 4. The Bertz CT molecular complexity index is 617. The van der Waals surface area contributed by atoms with Crippen LogP contribution in [0.3, 0.4) is 0 Å². The number of aryl methyl sites for hydroxylation is 1. The third-order valence-electron chi connectivity index (χ3n) is 2.65. The molecule has 6 nitrogen and oxygen atoms in total. The lowest BCUT2D eigenvalue weighted by atomic mass is 10.1. The Labute approximate surface area is 141 Å². The normalized spacial score (nSPS) is 14.1. The van der Waals surface area contributed by atoms with Crippen LogP contribution >= 0.6 is 25.3 Å². The van der Waals surface area contributed by atoms with E-state index >= 15 is 0 Å². The van der Waals surface area contributed by atoms with Gasteiger partial charge in [-0.3, -0.25) is 0 Å². The molecule has 0 aliphatic carbocycles. The van der Waals surface area contributed by atoms with Crippen molar-refractivity contribution >= 4 is 47.0 Å².